The number of anilines is 3. The van der Waals surface area contributed by atoms with Gasteiger partial charge in [0.2, 0.25) is 11.8 Å². The van der Waals surface area contributed by atoms with Crippen LogP contribution in [0.1, 0.15) is 23.2 Å². The Morgan fingerprint density at radius 1 is 1.27 bits per heavy atom. The van der Waals surface area contributed by atoms with Gasteiger partial charge in [0.05, 0.1) is 0 Å². The number of hydrogen-bond donors (Lipinski definition) is 2. The summed E-state index contributed by atoms with van der Waals surface area (Å²) >= 11 is 0. The van der Waals surface area contributed by atoms with Crippen molar-refractivity contribution < 1.29 is 18.7 Å². The first-order chi connectivity index (χ1) is 16.0. The van der Waals surface area contributed by atoms with Crippen molar-refractivity contribution in [1.82, 2.24) is 25.5 Å². The third-order valence-electron chi connectivity index (χ3n) is 5.00. The van der Waals surface area contributed by atoms with Gasteiger partial charge in [-0.15, -0.1) is 10.2 Å². The molecule has 3 heterocycles. The molecule has 0 radical (unpaired) electrons. The van der Waals surface area contributed by atoms with Gasteiger partial charge in [-0.05, 0) is 25.1 Å². The van der Waals surface area contributed by atoms with Crippen LogP contribution in [0.25, 0.3) is 11.5 Å². The number of amides is 2. The molecule has 0 aliphatic carbocycles. The number of aromatic nitrogens is 4. The molecule has 0 saturated carbocycles. The van der Waals surface area contributed by atoms with Crippen LogP contribution in [0.15, 0.2) is 34.9 Å². The molecule has 172 valence electrons. The number of carbonyl (C=O) groups is 2. The second kappa shape index (κ2) is 9.51. The lowest BCUT2D eigenvalue weighted by molar-refractivity contribution is 0.0989. The van der Waals surface area contributed by atoms with E-state index in [4.69, 9.17) is 9.15 Å². The number of hydrogen-bond acceptors (Lipinski definition) is 10. The fraction of sp³-hybridized carbons (Fsp3) is 0.333. The zero-order chi connectivity index (χ0) is 23.4. The number of benzene rings is 1. The van der Waals surface area contributed by atoms with Gasteiger partial charge < -0.3 is 29.6 Å². The summed E-state index contributed by atoms with van der Waals surface area (Å²) in [6.45, 7) is 3.55. The third-order valence-corrected chi connectivity index (χ3v) is 5.00. The summed E-state index contributed by atoms with van der Waals surface area (Å²) in [6, 6.07) is 7.25. The highest BCUT2D eigenvalue weighted by Gasteiger charge is 2.28. The van der Waals surface area contributed by atoms with E-state index in [1.54, 1.807) is 23.2 Å². The summed E-state index contributed by atoms with van der Waals surface area (Å²) in [7, 11) is 3.36. The van der Waals surface area contributed by atoms with Crippen LogP contribution in [0.5, 0.6) is 0 Å². The summed E-state index contributed by atoms with van der Waals surface area (Å²) in [5.74, 6) is 1.29. The van der Waals surface area contributed by atoms with Gasteiger partial charge in [0.1, 0.15) is 11.4 Å². The summed E-state index contributed by atoms with van der Waals surface area (Å²) in [4.78, 5) is 37.0. The van der Waals surface area contributed by atoms with Crippen LogP contribution in [0.2, 0.25) is 0 Å². The Labute approximate surface area is 190 Å². The Bertz CT molecular complexity index is 1160. The Morgan fingerprint density at radius 3 is 2.91 bits per heavy atom. The number of nitrogens with zero attached hydrogens (tertiary/aromatic N) is 6. The maximum atomic E-state index is 13.4. The Hall–Kier alpha value is -4.22. The SMILES string of the molecule is CCNc1ncc2c(n1)N(C)CCN(c1cccc(-c3nnc(COC(=O)NC)o3)c1)C2=O. The van der Waals surface area contributed by atoms with Gasteiger partial charge in [0, 0.05) is 51.2 Å². The average molecular weight is 452 g/mol. The zero-order valence-corrected chi connectivity index (χ0v) is 18.5. The fourth-order valence-corrected chi connectivity index (χ4v) is 3.34. The molecule has 1 aliphatic heterocycles. The first kappa shape index (κ1) is 22.0. The number of carbonyl (C=O) groups excluding carboxylic acids is 2. The predicted molar refractivity (Wildman–Crippen MR) is 120 cm³/mol. The predicted octanol–water partition coefficient (Wildman–Crippen LogP) is 1.91. The highest BCUT2D eigenvalue weighted by atomic mass is 16.6. The molecule has 0 bridgehead atoms. The smallest absolute Gasteiger partial charge is 0.407 e. The lowest BCUT2D eigenvalue weighted by Crippen LogP contribution is -2.33. The van der Waals surface area contributed by atoms with E-state index in [0.29, 0.717) is 48.2 Å². The lowest BCUT2D eigenvalue weighted by atomic mass is 10.1. The molecule has 0 fully saturated rings. The van der Waals surface area contributed by atoms with E-state index in [2.05, 4.69) is 30.8 Å². The van der Waals surface area contributed by atoms with Gasteiger partial charge in [-0.3, -0.25) is 4.79 Å². The first-order valence-electron chi connectivity index (χ1n) is 10.4. The second-order valence-electron chi connectivity index (χ2n) is 7.22. The number of nitrogens with one attached hydrogen (secondary N) is 2. The molecular weight excluding hydrogens is 428 g/mol. The molecular formula is C21H24N8O4. The van der Waals surface area contributed by atoms with Crippen LogP contribution >= 0.6 is 0 Å². The van der Waals surface area contributed by atoms with Gasteiger partial charge in [0.25, 0.3) is 11.8 Å². The monoisotopic (exact) mass is 452 g/mol. The minimum absolute atomic E-state index is 0.144. The highest BCUT2D eigenvalue weighted by Crippen LogP contribution is 2.29. The molecule has 12 nitrogen and oxygen atoms in total. The van der Waals surface area contributed by atoms with Gasteiger partial charge in [-0.1, -0.05) is 6.07 Å². The minimum atomic E-state index is -0.594. The molecule has 4 rings (SSSR count). The van der Waals surface area contributed by atoms with Gasteiger partial charge >= 0.3 is 6.09 Å². The van der Waals surface area contributed by atoms with Crippen molar-refractivity contribution in [2.75, 3.05) is 48.8 Å². The molecule has 0 atom stereocenters. The molecule has 33 heavy (non-hydrogen) atoms. The van der Waals surface area contributed by atoms with Crippen molar-refractivity contribution in [1.29, 1.82) is 0 Å². The molecule has 1 aliphatic rings. The van der Waals surface area contributed by atoms with Crippen LogP contribution < -0.4 is 20.4 Å². The van der Waals surface area contributed by atoms with Crippen molar-refractivity contribution in [2.45, 2.75) is 13.5 Å². The Kier molecular flexibility index (Phi) is 6.33. The summed E-state index contributed by atoms with van der Waals surface area (Å²) in [6.07, 6.45) is 0.959. The second-order valence-corrected chi connectivity index (χ2v) is 7.22. The fourth-order valence-electron chi connectivity index (χ4n) is 3.34. The van der Waals surface area contributed by atoms with Crippen molar-refractivity contribution >= 4 is 29.5 Å². The Balaban J connectivity index is 1.59. The molecule has 12 heteroatoms. The molecule has 0 spiro atoms. The van der Waals surface area contributed by atoms with Gasteiger partial charge in [0.15, 0.2) is 6.61 Å². The molecule has 0 unspecified atom stereocenters. The van der Waals surface area contributed by atoms with Crippen LogP contribution in [0.4, 0.5) is 22.2 Å². The van der Waals surface area contributed by atoms with Crippen molar-refractivity contribution in [3.05, 3.63) is 41.9 Å². The van der Waals surface area contributed by atoms with E-state index in [1.807, 2.05) is 31.0 Å². The number of fused-ring (bicyclic) bond motifs is 1. The van der Waals surface area contributed by atoms with Gasteiger partial charge in [-0.25, -0.2) is 9.78 Å². The molecule has 0 saturated heterocycles. The van der Waals surface area contributed by atoms with Gasteiger partial charge in [-0.2, -0.15) is 4.98 Å². The molecule has 2 amide bonds. The normalized spacial score (nSPS) is 13.4. The van der Waals surface area contributed by atoms with E-state index in [9.17, 15) is 9.59 Å². The maximum Gasteiger partial charge on any atom is 0.407 e. The highest BCUT2D eigenvalue weighted by molar-refractivity contribution is 6.09. The van der Waals surface area contributed by atoms with E-state index >= 15 is 0 Å². The maximum absolute atomic E-state index is 13.4. The summed E-state index contributed by atoms with van der Waals surface area (Å²) in [5.41, 5.74) is 1.74. The van der Waals surface area contributed by atoms with Crippen LogP contribution in [0, 0.1) is 0 Å². The van der Waals surface area contributed by atoms with Crippen LogP contribution in [-0.2, 0) is 11.3 Å². The Morgan fingerprint density at radius 2 is 2.12 bits per heavy atom. The van der Waals surface area contributed by atoms with E-state index in [0.717, 1.165) is 0 Å². The summed E-state index contributed by atoms with van der Waals surface area (Å²) in [5, 5.41) is 13.3. The average Bonchev–Trinajstić information content (AvgIpc) is 3.27. The number of alkyl carbamates (subject to hydrolysis) is 1. The number of likely N-dealkylation sites (N-methyl/N-ethyl adjacent to an activating group) is 1. The zero-order valence-electron chi connectivity index (χ0n) is 18.5. The first-order valence-corrected chi connectivity index (χ1v) is 10.4. The van der Waals surface area contributed by atoms with Crippen LogP contribution in [0.3, 0.4) is 0 Å². The third kappa shape index (κ3) is 4.68. The number of ether oxygens (including phenoxy) is 1. The van der Waals surface area contributed by atoms with Crippen molar-refractivity contribution in [2.24, 2.45) is 0 Å². The lowest BCUT2D eigenvalue weighted by Gasteiger charge is -2.21. The van der Waals surface area contributed by atoms with E-state index < -0.39 is 6.09 Å². The minimum Gasteiger partial charge on any atom is -0.439 e. The van der Waals surface area contributed by atoms with Crippen LogP contribution in [-0.4, -0.2) is 65.9 Å². The topological polar surface area (TPSA) is 139 Å². The molecule has 2 aromatic heterocycles. The van der Waals surface area contributed by atoms with Crippen molar-refractivity contribution in [3.8, 4) is 11.5 Å². The van der Waals surface area contributed by atoms with Crippen molar-refractivity contribution in [3.63, 3.8) is 0 Å². The quantitative estimate of drug-likeness (QED) is 0.570. The largest absolute Gasteiger partial charge is 0.439 e. The standard InChI is InChI=1S/C21H24N8O4/c1-4-23-20-24-11-15-17(25-20)28(3)8-9-29(19(15)30)14-7-5-6-13(10-14)18-27-26-16(33-18)12-32-21(31)22-2/h5-7,10-11H,4,8-9,12H2,1-3H3,(H,22,31)(H,23,24,25). The number of rotatable bonds is 6. The molecule has 1 aromatic carbocycles. The molecule has 2 N–H and O–H groups in total. The molecule has 3 aromatic rings. The van der Waals surface area contributed by atoms with E-state index in [1.165, 1.54) is 7.05 Å². The van der Waals surface area contributed by atoms with E-state index in [-0.39, 0.29) is 24.3 Å². The summed E-state index contributed by atoms with van der Waals surface area (Å²) < 4.78 is 10.5.